The van der Waals surface area contributed by atoms with Crippen LogP contribution in [0, 0.1) is 17.6 Å². The van der Waals surface area contributed by atoms with Gasteiger partial charge in [0, 0.05) is 34.8 Å². The Morgan fingerprint density at radius 1 is 0.975 bits per heavy atom. The number of halogens is 2. The van der Waals surface area contributed by atoms with Gasteiger partial charge in [-0.1, -0.05) is 25.0 Å². The molecule has 10 heteroatoms. The summed E-state index contributed by atoms with van der Waals surface area (Å²) in [7, 11) is 0. The number of benzene rings is 2. The van der Waals surface area contributed by atoms with E-state index in [1.807, 2.05) is 12.1 Å². The number of hydrogen-bond acceptors (Lipinski definition) is 5. The summed E-state index contributed by atoms with van der Waals surface area (Å²) in [5.74, 6) is -0.426. The molecule has 0 saturated heterocycles. The summed E-state index contributed by atoms with van der Waals surface area (Å²) < 4.78 is 29.2. The third-order valence-corrected chi connectivity index (χ3v) is 7.44. The lowest BCUT2D eigenvalue weighted by Crippen LogP contribution is -2.20. The summed E-state index contributed by atoms with van der Waals surface area (Å²) in [5, 5.41) is 10.6. The molecule has 7 rings (SSSR count). The number of carbonyl (C=O) groups excluding carboxylic acids is 1. The van der Waals surface area contributed by atoms with Crippen molar-refractivity contribution in [3.05, 3.63) is 78.8 Å². The van der Waals surface area contributed by atoms with Crippen molar-refractivity contribution in [1.29, 1.82) is 0 Å². The predicted octanol–water partition coefficient (Wildman–Crippen LogP) is 6.64. The molecular weight excluding hydrogens is 512 g/mol. The van der Waals surface area contributed by atoms with Gasteiger partial charge in [0.05, 0.1) is 17.4 Å². The number of amides is 1. The molecule has 6 aromatic rings. The summed E-state index contributed by atoms with van der Waals surface area (Å²) in [6, 6.07) is 13.1. The van der Waals surface area contributed by atoms with Gasteiger partial charge in [0.2, 0.25) is 5.91 Å². The largest absolute Gasteiger partial charge is 0.335 e. The Hall–Kier alpha value is -4.99. The molecule has 198 valence electrons. The van der Waals surface area contributed by atoms with E-state index in [0.717, 1.165) is 31.2 Å². The molecule has 0 radical (unpaired) electrons. The number of nitrogens with one attached hydrogen (secondary N) is 3. The highest BCUT2D eigenvalue weighted by atomic mass is 19.1. The lowest BCUT2D eigenvalue weighted by molar-refractivity contribution is -0.119. The second-order valence-electron chi connectivity index (χ2n) is 10.0. The molecule has 0 aliphatic heterocycles. The minimum atomic E-state index is -0.509. The Bertz CT molecular complexity index is 1910. The first-order valence-corrected chi connectivity index (χ1v) is 13.1. The quantitative estimate of drug-likeness (QED) is 0.229. The molecule has 0 spiro atoms. The molecule has 1 saturated carbocycles. The maximum atomic E-state index is 15.3. The number of nitrogens with zero attached hydrogens (tertiary/aromatic N) is 4. The summed E-state index contributed by atoms with van der Waals surface area (Å²) in [6.07, 6.45) is 8.75. The average molecular weight is 536 g/mol. The first-order chi connectivity index (χ1) is 19.5. The van der Waals surface area contributed by atoms with Gasteiger partial charge in [-0.25, -0.2) is 18.7 Å². The van der Waals surface area contributed by atoms with Crippen LogP contribution in [0.5, 0.6) is 0 Å². The number of rotatable bonds is 5. The fourth-order valence-corrected chi connectivity index (χ4v) is 5.45. The lowest BCUT2D eigenvalue weighted by Gasteiger charge is -2.11. The molecule has 0 unspecified atom stereocenters. The summed E-state index contributed by atoms with van der Waals surface area (Å²) >= 11 is 0. The fraction of sp³-hybridized carbons (Fsp3) is 0.167. The molecule has 1 fully saturated rings. The van der Waals surface area contributed by atoms with Gasteiger partial charge in [-0.15, -0.1) is 0 Å². The zero-order valence-corrected chi connectivity index (χ0v) is 21.2. The van der Waals surface area contributed by atoms with E-state index in [9.17, 15) is 9.18 Å². The molecule has 0 bridgehead atoms. The molecule has 4 heterocycles. The molecule has 0 atom stereocenters. The molecule has 3 N–H and O–H groups in total. The van der Waals surface area contributed by atoms with E-state index in [1.165, 1.54) is 18.2 Å². The zero-order valence-electron chi connectivity index (χ0n) is 21.2. The molecule has 1 aliphatic carbocycles. The highest BCUT2D eigenvalue weighted by Crippen LogP contribution is 2.34. The van der Waals surface area contributed by atoms with Crippen LogP contribution in [0.2, 0.25) is 0 Å². The zero-order chi connectivity index (χ0) is 27.2. The van der Waals surface area contributed by atoms with E-state index in [-0.39, 0.29) is 23.2 Å². The molecule has 1 aliphatic rings. The number of imidazole rings is 1. The summed E-state index contributed by atoms with van der Waals surface area (Å²) in [4.78, 5) is 29.1. The van der Waals surface area contributed by atoms with E-state index in [4.69, 9.17) is 0 Å². The average Bonchev–Trinajstić information content (AvgIpc) is 3.73. The highest BCUT2D eigenvalue weighted by molar-refractivity contribution is 5.98. The molecular formula is C30H23F2N7O. The normalized spacial score (nSPS) is 13.8. The van der Waals surface area contributed by atoms with Crippen LogP contribution in [0.15, 0.2) is 67.1 Å². The summed E-state index contributed by atoms with van der Waals surface area (Å²) in [6.45, 7) is 0. The van der Waals surface area contributed by atoms with Crippen molar-refractivity contribution >= 4 is 33.7 Å². The Balaban J connectivity index is 1.27. The molecule has 4 aromatic heterocycles. The number of hydrogen-bond donors (Lipinski definition) is 3. The van der Waals surface area contributed by atoms with Gasteiger partial charge >= 0.3 is 0 Å². The van der Waals surface area contributed by atoms with E-state index in [0.29, 0.717) is 50.4 Å². The Kier molecular flexibility index (Phi) is 5.80. The first kappa shape index (κ1) is 24.1. The van der Waals surface area contributed by atoms with Crippen LogP contribution >= 0.6 is 0 Å². The summed E-state index contributed by atoms with van der Waals surface area (Å²) in [5.41, 5.74) is 4.91. The first-order valence-electron chi connectivity index (χ1n) is 13.1. The van der Waals surface area contributed by atoms with Gasteiger partial charge in [-0.05, 0) is 60.4 Å². The van der Waals surface area contributed by atoms with Crippen molar-refractivity contribution < 1.29 is 13.6 Å². The van der Waals surface area contributed by atoms with Crippen LogP contribution in [0.4, 0.5) is 14.5 Å². The maximum Gasteiger partial charge on any atom is 0.227 e. The number of pyridine rings is 2. The predicted molar refractivity (Wildman–Crippen MR) is 148 cm³/mol. The second kappa shape index (κ2) is 9.64. The smallest absolute Gasteiger partial charge is 0.227 e. The van der Waals surface area contributed by atoms with E-state index in [2.05, 4.69) is 35.5 Å². The highest BCUT2D eigenvalue weighted by Gasteiger charge is 2.23. The molecule has 40 heavy (non-hydrogen) atoms. The molecule has 2 aromatic carbocycles. The Morgan fingerprint density at radius 3 is 2.70 bits per heavy atom. The van der Waals surface area contributed by atoms with Crippen LogP contribution in [0.3, 0.4) is 0 Å². The monoisotopic (exact) mass is 535 g/mol. The van der Waals surface area contributed by atoms with E-state index >= 15 is 4.39 Å². The van der Waals surface area contributed by atoms with Gasteiger partial charge in [0.1, 0.15) is 17.0 Å². The molecule has 8 nitrogen and oxygen atoms in total. The number of aromatic amines is 2. The van der Waals surface area contributed by atoms with Crippen LogP contribution in [-0.2, 0) is 4.79 Å². The Labute approximate surface area is 226 Å². The fourth-order valence-electron chi connectivity index (χ4n) is 5.45. The van der Waals surface area contributed by atoms with Crippen LogP contribution in [0.1, 0.15) is 25.7 Å². The number of aromatic nitrogens is 6. The van der Waals surface area contributed by atoms with Crippen molar-refractivity contribution in [2.75, 3.05) is 5.32 Å². The van der Waals surface area contributed by atoms with E-state index in [1.54, 1.807) is 36.8 Å². The van der Waals surface area contributed by atoms with Crippen LogP contribution in [0.25, 0.3) is 55.8 Å². The SMILES string of the molecule is O=C(Nc1cncc(-c2cc(F)c3n[nH]c(-c4nc5nccc(-c6cccc(F)c6)c5[nH]4)c3c2)c1)C1CCCC1. The van der Waals surface area contributed by atoms with Gasteiger partial charge in [-0.3, -0.25) is 14.9 Å². The van der Waals surface area contributed by atoms with Crippen molar-refractivity contribution in [2.45, 2.75) is 25.7 Å². The molecule has 1 amide bonds. The van der Waals surface area contributed by atoms with Crippen molar-refractivity contribution in [3.63, 3.8) is 0 Å². The number of H-pyrrole nitrogens is 2. The number of anilines is 1. The number of carbonyl (C=O) groups is 1. The van der Waals surface area contributed by atoms with Gasteiger partial charge in [0.25, 0.3) is 0 Å². The van der Waals surface area contributed by atoms with Crippen molar-refractivity contribution in [1.82, 2.24) is 30.1 Å². The van der Waals surface area contributed by atoms with Gasteiger partial charge in [0.15, 0.2) is 17.3 Å². The topological polar surface area (TPSA) is 112 Å². The lowest BCUT2D eigenvalue weighted by atomic mass is 10.0. The van der Waals surface area contributed by atoms with Crippen molar-refractivity contribution in [3.8, 4) is 33.8 Å². The third kappa shape index (κ3) is 4.27. The maximum absolute atomic E-state index is 15.3. The van der Waals surface area contributed by atoms with Gasteiger partial charge in [-0.2, -0.15) is 5.10 Å². The Morgan fingerprint density at radius 2 is 1.85 bits per heavy atom. The van der Waals surface area contributed by atoms with Crippen LogP contribution in [-0.4, -0.2) is 36.0 Å². The minimum Gasteiger partial charge on any atom is -0.335 e. The van der Waals surface area contributed by atoms with Gasteiger partial charge < -0.3 is 10.3 Å². The minimum absolute atomic E-state index is 0.00805. The standard InChI is InChI=1S/C30H23F2N7O/c31-20-7-3-6-17(10-20)22-8-9-34-28-26(22)36-29(37-28)27-23-12-18(13-24(32)25(23)38-39-27)19-11-21(15-33-14-19)35-30(40)16-4-1-2-5-16/h3,6-16H,1-2,4-5H2,(H,35,40)(H,38,39)(H,34,36,37). The second-order valence-corrected chi connectivity index (χ2v) is 10.0. The van der Waals surface area contributed by atoms with Crippen molar-refractivity contribution in [2.24, 2.45) is 5.92 Å². The third-order valence-electron chi connectivity index (χ3n) is 7.44. The van der Waals surface area contributed by atoms with Crippen LogP contribution < -0.4 is 5.32 Å². The number of fused-ring (bicyclic) bond motifs is 2. The van der Waals surface area contributed by atoms with E-state index < -0.39 is 5.82 Å².